The molecule has 0 radical (unpaired) electrons. The Morgan fingerprint density at radius 1 is 1.17 bits per heavy atom. The highest BCUT2D eigenvalue weighted by Gasteiger charge is 2.09. The molecule has 0 aromatic carbocycles. The van der Waals surface area contributed by atoms with Crippen LogP contribution in [-0.2, 0) is 5.88 Å². The summed E-state index contributed by atoms with van der Waals surface area (Å²) in [7, 11) is 0. The molecule has 0 aliphatic rings. The number of alkyl halides is 1. The molecular formula is C14H22Cl2N2. The van der Waals surface area contributed by atoms with Crippen molar-refractivity contribution in [2.45, 2.75) is 45.4 Å². The third-order valence-corrected chi connectivity index (χ3v) is 3.58. The van der Waals surface area contributed by atoms with E-state index >= 15 is 0 Å². The topological polar surface area (TPSA) is 16.1 Å². The van der Waals surface area contributed by atoms with Crippen LogP contribution in [0.15, 0.2) is 12.3 Å². The van der Waals surface area contributed by atoms with Crippen LogP contribution in [0, 0.1) is 0 Å². The first-order chi connectivity index (χ1) is 8.72. The van der Waals surface area contributed by atoms with E-state index in [9.17, 15) is 0 Å². The molecule has 0 fully saturated rings. The highest BCUT2D eigenvalue weighted by atomic mass is 35.5. The second-order valence-corrected chi connectivity index (χ2v) is 5.14. The van der Waals surface area contributed by atoms with Gasteiger partial charge in [-0.1, -0.05) is 38.3 Å². The Kier molecular flexibility index (Phi) is 7.45. The number of hydrogen-bond acceptors (Lipinski definition) is 2. The van der Waals surface area contributed by atoms with Crippen LogP contribution in [0.3, 0.4) is 0 Å². The lowest BCUT2D eigenvalue weighted by atomic mass is 10.2. The van der Waals surface area contributed by atoms with Gasteiger partial charge < -0.3 is 4.90 Å². The molecule has 18 heavy (non-hydrogen) atoms. The van der Waals surface area contributed by atoms with E-state index in [2.05, 4.69) is 23.7 Å². The third-order valence-electron chi connectivity index (χ3n) is 2.95. The molecule has 0 aliphatic heterocycles. The summed E-state index contributed by atoms with van der Waals surface area (Å²) >= 11 is 11.9. The Bertz CT molecular complexity index is 348. The summed E-state index contributed by atoms with van der Waals surface area (Å²) in [5.41, 5.74) is 0.960. The molecule has 1 heterocycles. The standard InChI is InChI=1S/C14H22Cl2N2/c1-3-5-7-18(8-6-4-2)14-9-12(10-15)13(16)11-17-14/h9,11H,3-8,10H2,1-2H3. The Morgan fingerprint density at radius 3 is 2.28 bits per heavy atom. The van der Waals surface area contributed by atoms with Crippen molar-refractivity contribution in [1.82, 2.24) is 4.98 Å². The number of halogens is 2. The maximum absolute atomic E-state index is 6.04. The van der Waals surface area contributed by atoms with Crippen molar-refractivity contribution in [2.75, 3.05) is 18.0 Å². The molecule has 0 atom stereocenters. The highest BCUT2D eigenvalue weighted by Crippen LogP contribution is 2.22. The van der Waals surface area contributed by atoms with Gasteiger partial charge in [-0.15, -0.1) is 11.6 Å². The second kappa shape index (κ2) is 8.60. The molecule has 1 aromatic heterocycles. The van der Waals surface area contributed by atoms with Crippen molar-refractivity contribution in [1.29, 1.82) is 0 Å². The van der Waals surface area contributed by atoms with Crippen LogP contribution in [0.4, 0.5) is 5.82 Å². The lowest BCUT2D eigenvalue weighted by Gasteiger charge is -2.24. The van der Waals surface area contributed by atoms with Crippen molar-refractivity contribution < 1.29 is 0 Å². The van der Waals surface area contributed by atoms with Gasteiger partial charge in [-0.25, -0.2) is 4.98 Å². The van der Waals surface area contributed by atoms with Crippen molar-refractivity contribution >= 4 is 29.0 Å². The van der Waals surface area contributed by atoms with E-state index in [1.165, 1.54) is 25.7 Å². The van der Waals surface area contributed by atoms with Crippen LogP contribution in [0.25, 0.3) is 0 Å². The van der Waals surface area contributed by atoms with E-state index in [4.69, 9.17) is 23.2 Å². The van der Waals surface area contributed by atoms with Crippen LogP contribution in [-0.4, -0.2) is 18.1 Å². The van der Waals surface area contributed by atoms with Crippen LogP contribution in [0.1, 0.15) is 45.1 Å². The first-order valence-corrected chi connectivity index (χ1v) is 7.59. The summed E-state index contributed by atoms with van der Waals surface area (Å²) < 4.78 is 0. The molecule has 0 spiro atoms. The van der Waals surface area contributed by atoms with Gasteiger partial charge in [0.05, 0.1) is 5.02 Å². The molecule has 102 valence electrons. The number of unbranched alkanes of at least 4 members (excludes halogenated alkanes) is 2. The molecule has 0 saturated heterocycles. The fraction of sp³-hybridized carbons (Fsp3) is 0.643. The molecule has 1 aromatic rings. The molecule has 0 N–H and O–H groups in total. The van der Waals surface area contributed by atoms with Gasteiger partial charge in [0.25, 0.3) is 0 Å². The third kappa shape index (κ3) is 4.66. The molecule has 1 rings (SSSR count). The van der Waals surface area contributed by atoms with Gasteiger partial charge in [-0.05, 0) is 24.5 Å². The quantitative estimate of drug-likeness (QED) is 0.634. The van der Waals surface area contributed by atoms with Crippen LogP contribution >= 0.6 is 23.2 Å². The number of nitrogens with zero attached hydrogens (tertiary/aromatic N) is 2. The van der Waals surface area contributed by atoms with Crippen LogP contribution in [0.5, 0.6) is 0 Å². The number of hydrogen-bond donors (Lipinski definition) is 0. The molecular weight excluding hydrogens is 267 g/mol. The van der Waals surface area contributed by atoms with E-state index < -0.39 is 0 Å². The van der Waals surface area contributed by atoms with E-state index in [-0.39, 0.29) is 0 Å². The Hall–Kier alpha value is -0.470. The van der Waals surface area contributed by atoms with E-state index in [1.807, 2.05) is 6.07 Å². The maximum Gasteiger partial charge on any atom is 0.128 e. The number of pyridine rings is 1. The number of rotatable bonds is 8. The lowest BCUT2D eigenvalue weighted by molar-refractivity contribution is 0.671. The van der Waals surface area contributed by atoms with Gasteiger partial charge in [-0.2, -0.15) is 0 Å². The largest absolute Gasteiger partial charge is 0.357 e. The minimum atomic E-state index is 0.434. The smallest absolute Gasteiger partial charge is 0.128 e. The van der Waals surface area contributed by atoms with Crippen LogP contribution < -0.4 is 4.90 Å². The van der Waals surface area contributed by atoms with Gasteiger partial charge in [0, 0.05) is 25.2 Å². The zero-order chi connectivity index (χ0) is 13.4. The molecule has 0 saturated carbocycles. The van der Waals surface area contributed by atoms with Crippen molar-refractivity contribution in [3.05, 3.63) is 22.8 Å². The normalized spacial score (nSPS) is 10.7. The number of anilines is 1. The van der Waals surface area contributed by atoms with Crippen molar-refractivity contribution in [2.24, 2.45) is 0 Å². The summed E-state index contributed by atoms with van der Waals surface area (Å²) in [6.07, 6.45) is 6.46. The monoisotopic (exact) mass is 288 g/mol. The predicted octanol–water partition coefficient (Wildman–Crippen LogP) is 4.88. The maximum atomic E-state index is 6.04. The Labute approximate surface area is 120 Å². The Morgan fingerprint density at radius 2 is 1.78 bits per heavy atom. The van der Waals surface area contributed by atoms with Crippen LogP contribution in [0.2, 0.25) is 5.02 Å². The lowest BCUT2D eigenvalue weighted by Crippen LogP contribution is -2.26. The molecule has 2 nitrogen and oxygen atoms in total. The van der Waals surface area contributed by atoms with Gasteiger partial charge in [-0.3, -0.25) is 0 Å². The summed E-state index contributed by atoms with van der Waals surface area (Å²) in [5, 5.41) is 0.652. The van der Waals surface area contributed by atoms with Gasteiger partial charge in [0.15, 0.2) is 0 Å². The highest BCUT2D eigenvalue weighted by molar-refractivity contribution is 6.32. The van der Waals surface area contributed by atoms with Crippen molar-refractivity contribution in [3.63, 3.8) is 0 Å². The molecule has 0 bridgehead atoms. The minimum absolute atomic E-state index is 0.434. The Balaban J connectivity index is 2.82. The van der Waals surface area contributed by atoms with Gasteiger partial charge in [0.1, 0.15) is 5.82 Å². The van der Waals surface area contributed by atoms with Gasteiger partial charge >= 0.3 is 0 Å². The summed E-state index contributed by atoms with van der Waals surface area (Å²) in [6.45, 7) is 6.51. The minimum Gasteiger partial charge on any atom is -0.357 e. The summed E-state index contributed by atoms with van der Waals surface area (Å²) in [4.78, 5) is 6.76. The molecule has 4 heteroatoms. The molecule has 0 aliphatic carbocycles. The number of aromatic nitrogens is 1. The fourth-order valence-electron chi connectivity index (χ4n) is 1.78. The average molecular weight is 289 g/mol. The molecule has 0 unspecified atom stereocenters. The fourth-order valence-corrected chi connectivity index (χ4v) is 2.24. The SMILES string of the molecule is CCCCN(CCCC)c1cc(CCl)c(Cl)cn1. The summed E-state index contributed by atoms with van der Waals surface area (Å²) in [6, 6.07) is 2.01. The predicted molar refractivity (Wildman–Crippen MR) is 80.8 cm³/mol. The first-order valence-electron chi connectivity index (χ1n) is 6.68. The molecule has 0 amide bonds. The average Bonchev–Trinajstić information content (AvgIpc) is 2.40. The van der Waals surface area contributed by atoms with E-state index in [0.29, 0.717) is 10.9 Å². The van der Waals surface area contributed by atoms with E-state index in [0.717, 1.165) is 24.5 Å². The zero-order valence-corrected chi connectivity index (χ0v) is 12.8. The summed E-state index contributed by atoms with van der Waals surface area (Å²) in [5.74, 6) is 1.43. The zero-order valence-electron chi connectivity index (χ0n) is 11.3. The van der Waals surface area contributed by atoms with E-state index in [1.54, 1.807) is 6.20 Å². The first kappa shape index (κ1) is 15.6. The van der Waals surface area contributed by atoms with Gasteiger partial charge in [0.2, 0.25) is 0 Å². The second-order valence-electron chi connectivity index (χ2n) is 4.46. The van der Waals surface area contributed by atoms with Crippen molar-refractivity contribution in [3.8, 4) is 0 Å².